The molecule has 3 aromatic heterocycles. The Balaban J connectivity index is 0.000000211. The van der Waals surface area contributed by atoms with Crippen molar-refractivity contribution in [1.29, 1.82) is 5.26 Å². The van der Waals surface area contributed by atoms with Gasteiger partial charge in [-0.1, -0.05) is 85.3 Å². The van der Waals surface area contributed by atoms with Crippen LogP contribution in [0.25, 0.3) is 11.0 Å². The van der Waals surface area contributed by atoms with Crippen molar-refractivity contribution in [2.45, 2.75) is 57.3 Å². The minimum atomic E-state index is -0.876. The Labute approximate surface area is 293 Å². The molecule has 12 nitrogen and oxygen atoms in total. The fourth-order valence-corrected chi connectivity index (χ4v) is 6.60. The molecule has 0 bridgehead atoms. The molecule has 1 aliphatic carbocycles. The van der Waals surface area contributed by atoms with E-state index < -0.39 is 21.9 Å². The van der Waals surface area contributed by atoms with Crippen LogP contribution in [0.4, 0.5) is 5.69 Å². The van der Waals surface area contributed by atoms with Crippen molar-refractivity contribution in [3.63, 3.8) is 0 Å². The van der Waals surface area contributed by atoms with Crippen LogP contribution in [0.15, 0.2) is 119 Å². The van der Waals surface area contributed by atoms with E-state index in [9.17, 15) is 30.1 Å². The van der Waals surface area contributed by atoms with Gasteiger partial charge in [0.15, 0.2) is 0 Å². The number of rotatable bonds is 8. The van der Waals surface area contributed by atoms with Gasteiger partial charge in [-0.2, -0.15) is 5.26 Å². The van der Waals surface area contributed by atoms with Crippen LogP contribution in [0, 0.1) is 21.4 Å². The molecule has 51 heavy (non-hydrogen) atoms. The number of aromatic nitrogens is 4. The van der Waals surface area contributed by atoms with Gasteiger partial charge in [0.2, 0.25) is 5.75 Å². The third-order valence-electron chi connectivity index (χ3n) is 9.14. The smallest absolute Gasteiger partial charge is 0.375 e. The normalized spacial score (nSPS) is 15.5. The SMILES string of the molecule is N#Cc1ccccc1Cn1c(C2CCC[C@H](N)C2)nc2ccn(Cc3ccccc3)c(=O)c21.O=c1c([N+](=O)[O-])c(O)ccn1Cc1ccccc1. The molecule has 1 fully saturated rings. The summed E-state index contributed by atoms with van der Waals surface area (Å²) in [6, 6.07) is 32.1. The van der Waals surface area contributed by atoms with Crippen molar-refractivity contribution in [3.8, 4) is 11.8 Å². The monoisotopic (exact) mass is 683 g/mol. The van der Waals surface area contributed by atoms with Gasteiger partial charge < -0.3 is 24.5 Å². The number of nitro groups is 1. The van der Waals surface area contributed by atoms with Gasteiger partial charge >= 0.3 is 11.2 Å². The van der Waals surface area contributed by atoms with Gasteiger partial charge in [0, 0.05) is 30.4 Å². The quantitative estimate of drug-likeness (QED) is 0.153. The average molecular weight is 684 g/mol. The Morgan fingerprint density at radius 1 is 0.843 bits per heavy atom. The van der Waals surface area contributed by atoms with Gasteiger partial charge in [-0.05, 0) is 48.1 Å². The van der Waals surface area contributed by atoms with Crippen LogP contribution in [-0.2, 0) is 19.6 Å². The van der Waals surface area contributed by atoms with Gasteiger partial charge in [-0.15, -0.1) is 0 Å². The summed E-state index contributed by atoms with van der Waals surface area (Å²) in [7, 11) is 0. The summed E-state index contributed by atoms with van der Waals surface area (Å²) in [4.78, 5) is 40.2. The molecule has 0 aliphatic heterocycles. The summed E-state index contributed by atoms with van der Waals surface area (Å²) >= 11 is 0. The van der Waals surface area contributed by atoms with E-state index in [1.165, 1.54) is 10.8 Å². The largest absolute Gasteiger partial charge is 0.502 e. The molecule has 3 N–H and O–H groups in total. The molecule has 258 valence electrons. The summed E-state index contributed by atoms with van der Waals surface area (Å²) in [5.74, 6) is 0.495. The zero-order valence-electron chi connectivity index (χ0n) is 27.8. The van der Waals surface area contributed by atoms with E-state index >= 15 is 0 Å². The Morgan fingerprint density at radius 2 is 1.45 bits per heavy atom. The van der Waals surface area contributed by atoms with Crippen molar-refractivity contribution in [2.24, 2.45) is 5.73 Å². The standard InChI is InChI=1S/C27H27N5O.C12H10N2O4/c28-16-21-9-4-5-10-22(21)18-32-25-24(30-26(32)20-11-6-12-23(29)15-20)13-14-31(27(25)33)17-19-7-2-1-3-8-19;15-10-6-7-13(12(16)11(10)14(17)18)8-9-4-2-1-3-5-9/h1-5,7-10,13-14,20,23H,6,11-12,15,17-18,29H2;1-7,15H,8H2/t20?,23-;/m0./s1. The Hall–Kier alpha value is -6.32. The first-order valence-corrected chi connectivity index (χ1v) is 16.7. The zero-order valence-corrected chi connectivity index (χ0v) is 27.8. The Bertz CT molecular complexity index is 2320. The molecule has 3 aromatic carbocycles. The number of imidazole rings is 1. The topological polar surface area (TPSA) is 175 Å². The number of nitrogens with zero attached hydrogens (tertiary/aromatic N) is 6. The van der Waals surface area contributed by atoms with E-state index in [2.05, 4.69) is 6.07 Å². The lowest BCUT2D eigenvalue weighted by Gasteiger charge is -2.26. The highest BCUT2D eigenvalue weighted by atomic mass is 16.6. The maximum atomic E-state index is 13.7. The molecule has 12 heteroatoms. The fourth-order valence-electron chi connectivity index (χ4n) is 6.60. The number of nitrogens with two attached hydrogens (primary N) is 1. The number of pyridine rings is 2. The Kier molecular flexibility index (Phi) is 10.5. The first kappa shape index (κ1) is 34.5. The van der Waals surface area contributed by atoms with Crippen LogP contribution in [0.3, 0.4) is 0 Å². The lowest BCUT2D eigenvalue weighted by molar-refractivity contribution is -0.387. The van der Waals surface area contributed by atoms with E-state index in [0.29, 0.717) is 29.7 Å². The molecular weight excluding hydrogens is 646 g/mol. The second kappa shape index (κ2) is 15.5. The van der Waals surface area contributed by atoms with E-state index in [4.69, 9.17) is 10.7 Å². The number of hydrogen-bond acceptors (Lipinski definition) is 8. The molecule has 1 saturated carbocycles. The predicted octanol–water partition coefficient (Wildman–Crippen LogP) is 5.66. The molecular formula is C39H37N7O5. The third kappa shape index (κ3) is 7.79. The summed E-state index contributed by atoms with van der Waals surface area (Å²) in [6.07, 6.45) is 7.11. The van der Waals surface area contributed by atoms with E-state index in [1.807, 2.05) is 102 Å². The van der Waals surface area contributed by atoms with Crippen molar-refractivity contribution in [3.05, 3.63) is 168 Å². The molecule has 1 unspecified atom stereocenters. The van der Waals surface area contributed by atoms with Gasteiger partial charge in [0.1, 0.15) is 11.3 Å². The van der Waals surface area contributed by atoms with Crippen LogP contribution in [0.5, 0.6) is 5.75 Å². The predicted molar refractivity (Wildman–Crippen MR) is 194 cm³/mol. The van der Waals surface area contributed by atoms with Gasteiger partial charge in [0.05, 0.1) is 41.7 Å². The molecule has 3 heterocycles. The van der Waals surface area contributed by atoms with Crippen molar-refractivity contribution >= 4 is 16.7 Å². The molecule has 0 spiro atoms. The molecule has 6 aromatic rings. The number of benzene rings is 3. The summed E-state index contributed by atoms with van der Waals surface area (Å²) in [6.45, 7) is 1.16. The van der Waals surface area contributed by atoms with Crippen molar-refractivity contribution in [1.82, 2.24) is 18.7 Å². The lowest BCUT2D eigenvalue weighted by atomic mass is 9.85. The summed E-state index contributed by atoms with van der Waals surface area (Å²) in [5.41, 5.74) is 9.33. The first-order valence-electron chi connectivity index (χ1n) is 16.7. The molecule has 0 radical (unpaired) electrons. The molecule has 1 aliphatic rings. The molecule has 0 amide bonds. The number of nitriles is 1. The summed E-state index contributed by atoms with van der Waals surface area (Å²) in [5, 5.41) is 29.6. The van der Waals surface area contributed by atoms with E-state index in [-0.39, 0.29) is 24.1 Å². The van der Waals surface area contributed by atoms with Crippen LogP contribution in [0.2, 0.25) is 0 Å². The second-order valence-electron chi connectivity index (χ2n) is 12.6. The van der Waals surface area contributed by atoms with Gasteiger partial charge in [-0.3, -0.25) is 19.7 Å². The number of aromatic hydroxyl groups is 1. The Morgan fingerprint density at radius 3 is 2.08 bits per heavy atom. The first-order chi connectivity index (χ1) is 24.7. The lowest BCUT2D eigenvalue weighted by Crippen LogP contribution is -2.28. The molecule has 2 atom stereocenters. The maximum Gasteiger partial charge on any atom is 0.375 e. The second-order valence-corrected chi connectivity index (χ2v) is 12.6. The highest BCUT2D eigenvalue weighted by molar-refractivity contribution is 5.75. The maximum absolute atomic E-state index is 13.7. The van der Waals surface area contributed by atoms with Crippen LogP contribution in [0.1, 0.15) is 59.7 Å². The minimum absolute atomic E-state index is 0.0651. The van der Waals surface area contributed by atoms with E-state index in [1.54, 1.807) is 4.57 Å². The van der Waals surface area contributed by atoms with Crippen molar-refractivity contribution < 1.29 is 10.0 Å². The fraction of sp³-hybridized carbons (Fsp3) is 0.231. The van der Waals surface area contributed by atoms with Crippen LogP contribution < -0.4 is 16.9 Å². The zero-order chi connectivity index (χ0) is 35.9. The van der Waals surface area contributed by atoms with Crippen LogP contribution in [-0.4, -0.2) is 34.8 Å². The molecule has 0 saturated heterocycles. The van der Waals surface area contributed by atoms with E-state index in [0.717, 1.165) is 54.3 Å². The highest BCUT2D eigenvalue weighted by Gasteiger charge is 2.27. The number of fused-ring (bicyclic) bond motifs is 1. The average Bonchev–Trinajstić information content (AvgIpc) is 3.51. The van der Waals surface area contributed by atoms with Gasteiger partial charge in [0.25, 0.3) is 5.56 Å². The highest BCUT2D eigenvalue weighted by Crippen LogP contribution is 2.33. The van der Waals surface area contributed by atoms with Gasteiger partial charge in [-0.25, -0.2) is 4.98 Å². The van der Waals surface area contributed by atoms with Crippen LogP contribution >= 0.6 is 0 Å². The number of hydrogen-bond donors (Lipinski definition) is 2. The minimum Gasteiger partial charge on any atom is -0.502 e. The van der Waals surface area contributed by atoms with Crippen molar-refractivity contribution in [2.75, 3.05) is 0 Å². The third-order valence-corrected chi connectivity index (χ3v) is 9.14. The molecule has 7 rings (SSSR count). The summed E-state index contributed by atoms with van der Waals surface area (Å²) < 4.78 is 4.97.